The smallest absolute Gasteiger partial charge is 0.337 e. The zero-order valence-electron chi connectivity index (χ0n) is 20.0. The molecular weight excluding hydrogens is 447 g/mol. The summed E-state index contributed by atoms with van der Waals surface area (Å²) >= 11 is 0. The van der Waals surface area contributed by atoms with Gasteiger partial charge in [0.1, 0.15) is 0 Å². The first-order valence-corrected chi connectivity index (χ1v) is 12.4. The Morgan fingerprint density at radius 3 is 2.37 bits per heavy atom. The van der Waals surface area contributed by atoms with Gasteiger partial charge in [0.2, 0.25) is 11.9 Å². The lowest BCUT2D eigenvalue weighted by Crippen LogP contribution is -2.35. The lowest BCUT2D eigenvalue weighted by Gasteiger charge is -2.19. The number of halogens is 1. The number of aromatic nitrogens is 2. The molecule has 0 bridgehead atoms. The molecule has 0 radical (unpaired) electrons. The van der Waals surface area contributed by atoms with Crippen LogP contribution < -0.4 is 5.69 Å². The van der Waals surface area contributed by atoms with Crippen molar-refractivity contribution in [3.63, 3.8) is 0 Å². The molecule has 1 heterocycles. The van der Waals surface area contributed by atoms with E-state index in [1.165, 1.54) is 4.57 Å². The van der Waals surface area contributed by atoms with Crippen molar-refractivity contribution in [2.24, 2.45) is 5.92 Å². The minimum absolute atomic E-state index is 0.139. The van der Waals surface area contributed by atoms with Crippen LogP contribution in [-0.4, -0.2) is 26.1 Å². The van der Waals surface area contributed by atoms with Crippen LogP contribution in [0.3, 0.4) is 0 Å². The van der Waals surface area contributed by atoms with Gasteiger partial charge in [0.15, 0.2) is 0 Å². The van der Waals surface area contributed by atoms with Gasteiger partial charge < -0.3 is 5.11 Å². The lowest BCUT2D eigenvalue weighted by atomic mass is 9.88. The molecule has 1 N–H and O–H groups in total. The van der Waals surface area contributed by atoms with Gasteiger partial charge in [0, 0.05) is 5.92 Å². The number of unbranched alkanes of at least 4 members (excludes halogenated alkanes) is 1. The first-order valence-electron chi connectivity index (χ1n) is 12.4. The fraction of sp³-hybridized carbons (Fsp3) is 0.393. The first kappa shape index (κ1) is 24.6. The molecule has 184 valence electrons. The summed E-state index contributed by atoms with van der Waals surface area (Å²) in [6, 6.07) is 14.0. The van der Waals surface area contributed by atoms with Crippen LogP contribution in [0, 0.1) is 11.9 Å². The number of hydrogen-bond acceptors (Lipinski definition) is 3. The Morgan fingerprint density at radius 2 is 1.71 bits per heavy atom. The van der Waals surface area contributed by atoms with Gasteiger partial charge in [-0.2, -0.15) is 4.39 Å². The Balaban J connectivity index is 1.66. The number of hydrogen-bond donors (Lipinski definition) is 1. The highest BCUT2D eigenvalue weighted by molar-refractivity contribution is 5.96. The van der Waals surface area contributed by atoms with Crippen molar-refractivity contribution in [3.05, 3.63) is 81.8 Å². The summed E-state index contributed by atoms with van der Waals surface area (Å²) in [6.45, 7) is 2.14. The summed E-state index contributed by atoms with van der Waals surface area (Å²) in [4.78, 5) is 37.9. The standard InChI is InChI=1S/C28H31FN2O4/c1-2-3-13-24-25(29)31(26(32)21-9-5-4-6-10-21)28(35)30(24)18-19-14-16-20(17-15-19)22-11-7-8-12-23(22)27(33)34/h7-8,11-12,14-17,21H,2-6,9-10,13,18H2,1H3,(H,33,34). The predicted octanol–water partition coefficient (Wildman–Crippen LogP) is 5.77. The van der Waals surface area contributed by atoms with Gasteiger partial charge in [-0.25, -0.2) is 14.2 Å². The van der Waals surface area contributed by atoms with E-state index in [0.29, 0.717) is 31.2 Å². The summed E-state index contributed by atoms with van der Waals surface area (Å²) < 4.78 is 17.6. The molecule has 0 saturated heterocycles. The van der Waals surface area contributed by atoms with E-state index in [4.69, 9.17) is 0 Å². The topological polar surface area (TPSA) is 81.3 Å². The fourth-order valence-corrected chi connectivity index (χ4v) is 4.92. The Labute approximate surface area is 204 Å². The number of benzene rings is 2. The van der Waals surface area contributed by atoms with Gasteiger partial charge in [0.05, 0.1) is 17.8 Å². The van der Waals surface area contributed by atoms with Crippen LogP contribution in [0.2, 0.25) is 0 Å². The molecule has 1 aliphatic carbocycles. The number of aromatic carboxylic acids is 1. The zero-order valence-corrected chi connectivity index (χ0v) is 20.0. The molecule has 0 spiro atoms. The number of rotatable bonds is 8. The van der Waals surface area contributed by atoms with Gasteiger partial charge in [-0.1, -0.05) is 75.1 Å². The Bertz CT molecular complexity index is 1270. The van der Waals surface area contributed by atoms with Gasteiger partial charge >= 0.3 is 11.7 Å². The summed E-state index contributed by atoms with van der Waals surface area (Å²) in [7, 11) is 0. The molecule has 0 aliphatic heterocycles. The SMILES string of the molecule is CCCCc1c(F)n(C(=O)C2CCCCC2)c(=O)n1Cc1ccc(-c2ccccc2C(=O)O)cc1. The molecule has 6 nitrogen and oxygen atoms in total. The van der Waals surface area contributed by atoms with E-state index in [2.05, 4.69) is 0 Å². The highest BCUT2D eigenvalue weighted by Crippen LogP contribution is 2.27. The Kier molecular flexibility index (Phi) is 7.63. The molecule has 1 aromatic heterocycles. The van der Waals surface area contributed by atoms with Crippen LogP contribution in [0.5, 0.6) is 0 Å². The number of carboxylic acid groups (broad SMARTS) is 1. The molecular formula is C28H31FN2O4. The molecule has 7 heteroatoms. The molecule has 4 rings (SSSR count). The molecule has 2 aromatic carbocycles. The molecule has 3 aromatic rings. The van der Waals surface area contributed by atoms with Crippen molar-refractivity contribution in [1.29, 1.82) is 0 Å². The molecule has 1 saturated carbocycles. The van der Waals surface area contributed by atoms with Crippen molar-refractivity contribution >= 4 is 11.9 Å². The average molecular weight is 479 g/mol. The summed E-state index contributed by atoms with van der Waals surface area (Å²) in [5.74, 6) is -2.47. The van der Waals surface area contributed by atoms with Crippen LogP contribution in [0.25, 0.3) is 11.1 Å². The van der Waals surface area contributed by atoms with Gasteiger partial charge in [-0.05, 0) is 48.4 Å². The molecule has 1 aliphatic rings. The maximum Gasteiger partial charge on any atom is 0.337 e. The second kappa shape index (κ2) is 10.8. The maximum absolute atomic E-state index is 15.5. The Hall–Kier alpha value is -3.48. The Morgan fingerprint density at radius 1 is 1.03 bits per heavy atom. The van der Waals surface area contributed by atoms with E-state index in [1.807, 2.05) is 19.1 Å². The highest BCUT2D eigenvalue weighted by Gasteiger charge is 2.30. The van der Waals surface area contributed by atoms with Crippen molar-refractivity contribution < 1.29 is 19.1 Å². The van der Waals surface area contributed by atoms with Crippen molar-refractivity contribution in [3.8, 4) is 11.1 Å². The first-order chi connectivity index (χ1) is 16.9. The van der Waals surface area contributed by atoms with Gasteiger partial charge in [-0.15, -0.1) is 0 Å². The third-order valence-electron chi connectivity index (χ3n) is 6.89. The number of carbonyl (C=O) groups excluding carboxylic acids is 1. The van der Waals surface area contributed by atoms with Crippen molar-refractivity contribution in [1.82, 2.24) is 9.13 Å². The van der Waals surface area contributed by atoms with Gasteiger partial charge in [0.25, 0.3) is 0 Å². The number of imidazole rings is 1. The molecule has 1 fully saturated rings. The molecule has 0 atom stereocenters. The average Bonchev–Trinajstić information content (AvgIpc) is 3.11. The highest BCUT2D eigenvalue weighted by atomic mass is 19.1. The van der Waals surface area contributed by atoms with E-state index in [9.17, 15) is 19.5 Å². The third-order valence-corrected chi connectivity index (χ3v) is 6.89. The lowest BCUT2D eigenvalue weighted by molar-refractivity contribution is 0.0696. The fourth-order valence-electron chi connectivity index (χ4n) is 4.92. The maximum atomic E-state index is 15.5. The quantitative estimate of drug-likeness (QED) is 0.446. The van der Waals surface area contributed by atoms with Crippen LogP contribution >= 0.6 is 0 Å². The van der Waals surface area contributed by atoms with E-state index in [1.54, 1.807) is 36.4 Å². The normalized spacial score (nSPS) is 14.2. The largest absolute Gasteiger partial charge is 0.478 e. The third kappa shape index (κ3) is 5.14. The van der Waals surface area contributed by atoms with Crippen LogP contribution in [0.15, 0.2) is 53.3 Å². The van der Waals surface area contributed by atoms with Crippen molar-refractivity contribution in [2.75, 3.05) is 0 Å². The molecule has 35 heavy (non-hydrogen) atoms. The second-order valence-electron chi connectivity index (χ2n) is 9.27. The van der Waals surface area contributed by atoms with E-state index < -0.39 is 23.5 Å². The van der Waals surface area contributed by atoms with Crippen LogP contribution in [0.4, 0.5) is 4.39 Å². The molecule has 0 unspecified atom stereocenters. The molecule has 0 amide bonds. The summed E-state index contributed by atoms with van der Waals surface area (Å²) in [5, 5.41) is 9.47. The zero-order chi connectivity index (χ0) is 24.9. The van der Waals surface area contributed by atoms with E-state index >= 15 is 4.39 Å². The second-order valence-corrected chi connectivity index (χ2v) is 9.27. The number of nitrogens with zero attached hydrogens (tertiary/aromatic N) is 2. The van der Waals surface area contributed by atoms with Gasteiger partial charge in [-0.3, -0.25) is 9.36 Å². The summed E-state index contributed by atoms with van der Waals surface area (Å²) in [5.41, 5.74) is 1.96. The predicted molar refractivity (Wildman–Crippen MR) is 132 cm³/mol. The van der Waals surface area contributed by atoms with E-state index in [0.717, 1.165) is 41.4 Å². The number of carboxylic acids is 1. The minimum Gasteiger partial charge on any atom is -0.478 e. The van der Waals surface area contributed by atoms with E-state index in [-0.39, 0.29) is 23.7 Å². The number of carbonyl (C=O) groups is 2. The van der Waals surface area contributed by atoms with Crippen LogP contribution in [-0.2, 0) is 13.0 Å². The summed E-state index contributed by atoms with van der Waals surface area (Å²) in [6.07, 6.45) is 6.24. The minimum atomic E-state index is -1.00. The monoisotopic (exact) mass is 478 g/mol. The van der Waals surface area contributed by atoms with Crippen LogP contribution in [0.1, 0.15) is 78.3 Å². The van der Waals surface area contributed by atoms with Crippen molar-refractivity contribution in [2.45, 2.75) is 64.8 Å².